The summed E-state index contributed by atoms with van der Waals surface area (Å²) in [6.07, 6.45) is 0.362. The minimum absolute atomic E-state index is 0.175. The highest BCUT2D eigenvalue weighted by molar-refractivity contribution is 5.78. The Labute approximate surface area is 112 Å². The Morgan fingerprint density at radius 3 is 2.58 bits per heavy atom. The first-order valence-electron chi connectivity index (χ1n) is 6.49. The second-order valence-electron chi connectivity index (χ2n) is 4.69. The van der Waals surface area contributed by atoms with E-state index in [0.29, 0.717) is 24.0 Å². The van der Waals surface area contributed by atoms with Gasteiger partial charge in [0.15, 0.2) is 11.4 Å². The predicted octanol–water partition coefficient (Wildman–Crippen LogP) is 3.81. The molecule has 0 fully saturated rings. The SMILES string of the molecule is CCC(CC)(OC)C(O)c1cc2cccc(F)c2o1. The second kappa shape index (κ2) is 5.31. The van der Waals surface area contributed by atoms with Crippen molar-refractivity contribution < 1.29 is 18.7 Å². The molecule has 1 unspecified atom stereocenters. The average Bonchev–Trinajstić information content (AvgIpc) is 2.86. The number of aliphatic hydroxyl groups excluding tert-OH is 1. The van der Waals surface area contributed by atoms with Crippen LogP contribution in [0.25, 0.3) is 11.0 Å². The van der Waals surface area contributed by atoms with E-state index in [1.54, 1.807) is 25.3 Å². The number of para-hydroxylation sites is 1. The molecule has 0 bridgehead atoms. The van der Waals surface area contributed by atoms with E-state index in [2.05, 4.69) is 0 Å². The van der Waals surface area contributed by atoms with Gasteiger partial charge in [-0.3, -0.25) is 0 Å². The van der Waals surface area contributed by atoms with Gasteiger partial charge in [-0.05, 0) is 25.0 Å². The summed E-state index contributed by atoms with van der Waals surface area (Å²) in [6, 6.07) is 6.38. The molecule has 1 aromatic heterocycles. The van der Waals surface area contributed by atoms with Crippen LogP contribution in [0.5, 0.6) is 0 Å². The predicted molar refractivity (Wildman–Crippen MR) is 71.5 cm³/mol. The summed E-state index contributed by atoms with van der Waals surface area (Å²) < 4.78 is 24.5. The van der Waals surface area contributed by atoms with Crippen LogP contribution in [0, 0.1) is 5.82 Å². The number of hydrogen-bond donors (Lipinski definition) is 1. The Morgan fingerprint density at radius 2 is 2.05 bits per heavy atom. The van der Waals surface area contributed by atoms with Crippen molar-refractivity contribution in [2.24, 2.45) is 0 Å². The monoisotopic (exact) mass is 266 g/mol. The van der Waals surface area contributed by atoms with E-state index >= 15 is 0 Å². The molecule has 0 saturated heterocycles. The van der Waals surface area contributed by atoms with Crippen LogP contribution in [0.3, 0.4) is 0 Å². The summed E-state index contributed by atoms with van der Waals surface area (Å²) in [6.45, 7) is 3.89. The number of aliphatic hydroxyl groups is 1. The van der Waals surface area contributed by atoms with Gasteiger partial charge in [0.05, 0.1) is 0 Å². The molecule has 2 aromatic rings. The fourth-order valence-electron chi connectivity index (χ4n) is 2.48. The van der Waals surface area contributed by atoms with Gasteiger partial charge < -0.3 is 14.3 Å². The minimum atomic E-state index is -0.917. The van der Waals surface area contributed by atoms with Crippen molar-refractivity contribution in [2.45, 2.75) is 38.4 Å². The largest absolute Gasteiger partial charge is 0.455 e. The normalized spacial score (nSPS) is 13.9. The number of methoxy groups -OCH3 is 1. The van der Waals surface area contributed by atoms with Crippen molar-refractivity contribution in [3.05, 3.63) is 35.8 Å². The maximum Gasteiger partial charge on any atom is 0.170 e. The molecule has 1 atom stereocenters. The molecule has 0 radical (unpaired) electrons. The lowest BCUT2D eigenvalue weighted by molar-refractivity contribution is -0.116. The van der Waals surface area contributed by atoms with Crippen molar-refractivity contribution in [1.29, 1.82) is 0 Å². The van der Waals surface area contributed by atoms with E-state index in [1.807, 2.05) is 13.8 Å². The van der Waals surface area contributed by atoms with Crippen molar-refractivity contribution in [3.8, 4) is 0 Å². The molecule has 0 spiro atoms. The smallest absolute Gasteiger partial charge is 0.170 e. The van der Waals surface area contributed by atoms with Crippen LogP contribution < -0.4 is 0 Å². The Kier molecular flexibility index (Phi) is 3.92. The van der Waals surface area contributed by atoms with Crippen molar-refractivity contribution in [3.63, 3.8) is 0 Å². The first-order valence-corrected chi connectivity index (χ1v) is 6.49. The standard InChI is InChI=1S/C15H19FO3/c1-4-15(5-2,18-3)14(17)12-9-10-7-6-8-11(16)13(10)19-12/h6-9,14,17H,4-5H2,1-3H3. The molecule has 0 saturated carbocycles. The molecule has 4 heteroatoms. The highest BCUT2D eigenvalue weighted by atomic mass is 19.1. The summed E-state index contributed by atoms with van der Waals surface area (Å²) in [5, 5.41) is 11.1. The van der Waals surface area contributed by atoms with Crippen LogP contribution in [0.2, 0.25) is 0 Å². The number of fused-ring (bicyclic) bond motifs is 1. The summed E-state index contributed by atoms with van der Waals surface area (Å²) >= 11 is 0. The zero-order valence-corrected chi connectivity index (χ0v) is 11.4. The van der Waals surface area contributed by atoms with Crippen molar-refractivity contribution >= 4 is 11.0 Å². The van der Waals surface area contributed by atoms with E-state index in [4.69, 9.17) is 9.15 Å². The maximum absolute atomic E-state index is 13.6. The number of furan rings is 1. The fourth-order valence-corrected chi connectivity index (χ4v) is 2.48. The zero-order valence-electron chi connectivity index (χ0n) is 11.4. The first kappa shape index (κ1) is 14.0. The molecular formula is C15H19FO3. The molecule has 2 rings (SSSR count). The van der Waals surface area contributed by atoms with Gasteiger partial charge >= 0.3 is 0 Å². The third kappa shape index (κ3) is 2.26. The molecule has 0 amide bonds. The van der Waals surface area contributed by atoms with Gasteiger partial charge in [-0.25, -0.2) is 4.39 Å². The molecular weight excluding hydrogens is 247 g/mol. The van der Waals surface area contributed by atoms with E-state index in [1.165, 1.54) is 6.07 Å². The second-order valence-corrected chi connectivity index (χ2v) is 4.69. The molecule has 1 heterocycles. The van der Waals surface area contributed by atoms with E-state index in [-0.39, 0.29) is 5.58 Å². The van der Waals surface area contributed by atoms with Crippen LogP contribution in [0.1, 0.15) is 38.6 Å². The molecule has 104 valence electrons. The molecule has 0 aliphatic rings. The Balaban J connectivity index is 2.46. The lowest BCUT2D eigenvalue weighted by Crippen LogP contribution is -2.37. The summed E-state index contributed by atoms with van der Waals surface area (Å²) in [7, 11) is 1.57. The number of ether oxygens (including phenoxy) is 1. The van der Waals surface area contributed by atoms with Crippen molar-refractivity contribution in [2.75, 3.05) is 7.11 Å². The van der Waals surface area contributed by atoms with Gasteiger partial charge in [0, 0.05) is 12.5 Å². The van der Waals surface area contributed by atoms with E-state index in [0.717, 1.165) is 0 Å². The lowest BCUT2D eigenvalue weighted by Gasteiger charge is -2.33. The quantitative estimate of drug-likeness (QED) is 0.894. The average molecular weight is 266 g/mol. The number of hydrogen-bond acceptors (Lipinski definition) is 3. The highest BCUT2D eigenvalue weighted by Gasteiger charge is 2.37. The Bertz CT molecular complexity index is 549. The summed E-state index contributed by atoms with van der Waals surface area (Å²) in [5.41, 5.74) is -0.529. The first-order chi connectivity index (χ1) is 9.07. The van der Waals surface area contributed by atoms with Gasteiger partial charge in [0.25, 0.3) is 0 Å². The third-order valence-corrected chi connectivity index (χ3v) is 3.89. The van der Waals surface area contributed by atoms with Crippen molar-refractivity contribution in [1.82, 2.24) is 0 Å². The molecule has 3 nitrogen and oxygen atoms in total. The van der Waals surface area contributed by atoms with Crippen LogP contribution in [0.4, 0.5) is 4.39 Å². The molecule has 1 N–H and O–H groups in total. The summed E-state index contributed by atoms with van der Waals surface area (Å²) in [5.74, 6) is -0.0855. The van der Waals surface area contributed by atoms with Gasteiger partial charge in [0.1, 0.15) is 17.5 Å². The molecule has 1 aromatic carbocycles. The highest BCUT2D eigenvalue weighted by Crippen LogP contribution is 2.37. The number of halogens is 1. The minimum Gasteiger partial charge on any atom is -0.455 e. The summed E-state index contributed by atoms with van der Waals surface area (Å²) in [4.78, 5) is 0. The number of benzene rings is 1. The third-order valence-electron chi connectivity index (χ3n) is 3.89. The van der Waals surface area contributed by atoms with Crippen LogP contribution >= 0.6 is 0 Å². The van der Waals surface area contributed by atoms with Gasteiger partial charge in [-0.2, -0.15) is 0 Å². The van der Waals surface area contributed by atoms with Crippen LogP contribution in [-0.4, -0.2) is 17.8 Å². The van der Waals surface area contributed by atoms with Gasteiger partial charge in [-0.15, -0.1) is 0 Å². The Morgan fingerprint density at radius 1 is 1.37 bits per heavy atom. The van der Waals surface area contributed by atoms with Crippen LogP contribution in [-0.2, 0) is 4.74 Å². The molecule has 0 aliphatic heterocycles. The Hall–Kier alpha value is -1.39. The topological polar surface area (TPSA) is 42.6 Å². The maximum atomic E-state index is 13.6. The van der Waals surface area contributed by atoms with Crippen LogP contribution in [0.15, 0.2) is 28.7 Å². The molecule has 0 aliphatic carbocycles. The fraction of sp³-hybridized carbons (Fsp3) is 0.467. The van der Waals surface area contributed by atoms with Gasteiger partial charge in [0.2, 0.25) is 0 Å². The molecule has 19 heavy (non-hydrogen) atoms. The van der Waals surface area contributed by atoms with E-state index in [9.17, 15) is 9.50 Å². The zero-order chi connectivity index (χ0) is 14.0. The number of rotatable bonds is 5. The lowest BCUT2D eigenvalue weighted by atomic mass is 9.89. The van der Waals surface area contributed by atoms with E-state index < -0.39 is 17.5 Å². The van der Waals surface area contributed by atoms with Gasteiger partial charge in [-0.1, -0.05) is 26.0 Å².